The van der Waals surface area contributed by atoms with E-state index >= 15 is 0 Å². The first-order chi connectivity index (χ1) is 10.6. The number of carbonyl (C=O) groups excluding carboxylic acids is 2. The van der Waals surface area contributed by atoms with E-state index in [4.69, 9.17) is 11.6 Å². The van der Waals surface area contributed by atoms with E-state index in [9.17, 15) is 9.59 Å². The van der Waals surface area contributed by atoms with Crippen molar-refractivity contribution in [2.45, 2.75) is 12.5 Å². The van der Waals surface area contributed by atoms with Gasteiger partial charge in [-0.15, -0.1) is 0 Å². The minimum atomic E-state index is -0.190. The van der Waals surface area contributed by atoms with Crippen LogP contribution in [0, 0.1) is 0 Å². The SMILES string of the molecule is O=C(N[C@H]1CC(=O)N(c2ccccc2)C1)c1ccc(Cl)cc1. The van der Waals surface area contributed by atoms with Crippen molar-refractivity contribution in [3.05, 3.63) is 65.2 Å². The molecule has 2 aromatic rings. The molecule has 1 saturated heterocycles. The monoisotopic (exact) mass is 314 g/mol. The molecular weight excluding hydrogens is 300 g/mol. The van der Waals surface area contributed by atoms with Crippen LogP contribution < -0.4 is 10.2 Å². The smallest absolute Gasteiger partial charge is 0.251 e. The predicted molar refractivity (Wildman–Crippen MR) is 86.1 cm³/mol. The van der Waals surface area contributed by atoms with E-state index in [1.54, 1.807) is 29.2 Å². The lowest BCUT2D eigenvalue weighted by Gasteiger charge is -2.17. The lowest BCUT2D eigenvalue weighted by atomic mass is 10.2. The summed E-state index contributed by atoms with van der Waals surface area (Å²) in [5.41, 5.74) is 1.39. The number of halogens is 1. The van der Waals surface area contributed by atoms with Gasteiger partial charge in [0.05, 0.1) is 6.04 Å². The number of anilines is 1. The van der Waals surface area contributed by atoms with E-state index in [0.717, 1.165) is 5.69 Å². The van der Waals surface area contributed by atoms with Crippen LogP contribution in [0.5, 0.6) is 0 Å². The highest BCUT2D eigenvalue weighted by Crippen LogP contribution is 2.21. The second-order valence-electron chi connectivity index (χ2n) is 5.22. The zero-order chi connectivity index (χ0) is 15.5. The zero-order valence-electron chi connectivity index (χ0n) is 11.8. The number of carbonyl (C=O) groups is 2. The van der Waals surface area contributed by atoms with Crippen LogP contribution in [0.25, 0.3) is 0 Å². The largest absolute Gasteiger partial charge is 0.347 e. The van der Waals surface area contributed by atoms with Crippen molar-refractivity contribution < 1.29 is 9.59 Å². The van der Waals surface area contributed by atoms with E-state index in [-0.39, 0.29) is 17.9 Å². The lowest BCUT2D eigenvalue weighted by molar-refractivity contribution is -0.117. The van der Waals surface area contributed by atoms with Gasteiger partial charge in [0.1, 0.15) is 0 Å². The highest BCUT2D eigenvalue weighted by Gasteiger charge is 2.31. The summed E-state index contributed by atoms with van der Waals surface area (Å²) >= 11 is 5.81. The summed E-state index contributed by atoms with van der Waals surface area (Å²) in [7, 11) is 0. The van der Waals surface area contributed by atoms with Crippen molar-refractivity contribution >= 4 is 29.1 Å². The van der Waals surface area contributed by atoms with Crippen LogP contribution in [-0.4, -0.2) is 24.4 Å². The molecule has 5 heteroatoms. The molecule has 0 unspecified atom stereocenters. The number of para-hydroxylation sites is 1. The van der Waals surface area contributed by atoms with Gasteiger partial charge in [-0.2, -0.15) is 0 Å². The Labute approximate surface area is 133 Å². The summed E-state index contributed by atoms with van der Waals surface area (Å²) in [6.07, 6.45) is 0.314. The third-order valence-corrected chi connectivity index (χ3v) is 3.89. The topological polar surface area (TPSA) is 49.4 Å². The fraction of sp³-hybridized carbons (Fsp3) is 0.176. The molecule has 22 heavy (non-hydrogen) atoms. The Morgan fingerprint density at radius 2 is 1.77 bits per heavy atom. The van der Waals surface area contributed by atoms with Gasteiger partial charge < -0.3 is 10.2 Å². The van der Waals surface area contributed by atoms with Gasteiger partial charge in [-0.25, -0.2) is 0 Å². The van der Waals surface area contributed by atoms with Crippen molar-refractivity contribution in [1.29, 1.82) is 0 Å². The van der Waals surface area contributed by atoms with Crippen LogP contribution in [0.1, 0.15) is 16.8 Å². The maximum Gasteiger partial charge on any atom is 0.251 e. The Morgan fingerprint density at radius 1 is 1.09 bits per heavy atom. The molecular formula is C17H15ClN2O2. The Kier molecular flexibility index (Phi) is 4.11. The predicted octanol–water partition coefficient (Wildman–Crippen LogP) is 2.88. The van der Waals surface area contributed by atoms with Crippen molar-refractivity contribution in [1.82, 2.24) is 5.32 Å². The van der Waals surface area contributed by atoms with E-state index in [0.29, 0.717) is 23.6 Å². The van der Waals surface area contributed by atoms with Crippen LogP contribution >= 0.6 is 11.6 Å². The minimum Gasteiger partial charge on any atom is -0.347 e. The van der Waals surface area contributed by atoms with Gasteiger partial charge in [-0.3, -0.25) is 9.59 Å². The van der Waals surface area contributed by atoms with E-state index in [2.05, 4.69) is 5.32 Å². The van der Waals surface area contributed by atoms with Crippen LogP contribution in [0.15, 0.2) is 54.6 Å². The maximum absolute atomic E-state index is 12.2. The molecule has 0 aromatic heterocycles. The number of nitrogens with zero attached hydrogens (tertiary/aromatic N) is 1. The number of benzene rings is 2. The molecule has 1 aliphatic heterocycles. The highest BCUT2D eigenvalue weighted by molar-refractivity contribution is 6.30. The van der Waals surface area contributed by atoms with Crippen LogP contribution in [0.2, 0.25) is 5.02 Å². The highest BCUT2D eigenvalue weighted by atomic mass is 35.5. The fourth-order valence-corrected chi connectivity index (χ4v) is 2.66. The Hall–Kier alpha value is -2.33. The summed E-state index contributed by atoms with van der Waals surface area (Å²) in [6.45, 7) is 0.488. The van der Waals surface area contributed by atoms with Gasteiger partial charge in [-0.05, 0) is 36.4 Å². The van der Waals surface area contributed by atoms with E-state index in [1.807, 2.05) is 30.3 Å². The molecule has 112 valence electrons. The number of rotatable bonds is 3. The van der Waals surface area contributed by atoms with Crippen LogP contribution in [0.4, 0.5) is 5.69 Å². The maximum atomic E-state index is 12.2. The number of nitrogens with one attached hydrogen (secondary N) is 1. The molecule has 1 atom stereocenters. The molecule has 0 saturated carbocycles. The Bertz CT molecular complexity index is 686. The molecule has 3 rings (SSSR count). The van der Waals surface area contributed by atoms with Crippen molar-refractivity contribution in [2.75, 3.05) is 11.4 Å². The molecule has 1 N–H and O–H groups in total. The van der Waals surface area contributed by atoms with Gasteiger partial charge in [0.2, 0.25) is 5.91 Å². The average molecular weight is 315 g/mol. The third kappa shape index (κ3) is 3.12. The number of amides is 2. The molecule has 2 aromatic carbocycles. The lowest BCUT2D eigenvalue weighted by Crippen LogP contribution is -2.37. The minimum absolute atomic E-state index is 0.0209. The third-order valence-electron chi connectivity index (χ3n) is 3.63. The Morgan fingerprint density at radius 3 is 2.45 bits per heavy atom. The number of hydrogen-bond acceptors (Lipinski definition) is 2. The van der Waals surface area contributed by atoms with Crippen molar-refractivity contribution in [2.24, 2.45) is 0 Å². The molecule has 0 bridgehead atoms. The average Bonchev–Trinajstić information content (AvgIpc) is 2.89. The molecule has 4 nitrogen and oxygen atoms in total. The van der Waals surface area contributed by atoms with Crippen molar-refractivity contribution in [3.63, 3.8) is 0 Å². The summed E-state index contributed by atoms with van der Waals surface area (Å²) in [5, 5.41) is 3.49. The standard InChI is InChI=1S/C17H15ClN2O2/c18-13-8-6-12(7-9-13)17(22)19-14-10-16(21)20(11-14)15-4-2-1-3-5-15/h1-9,14H,10-11H2,(H,19,22)/t14-/m0/s1. The van der Waals surface area contributed by atoms with Gasteiger partial charge in [0, 0.05) is 29.2 Å². The van der Waals surface area contributed by atoms with Gasteiger partial charge in [-0.1, -0.05) is 29.8 Å². The van der Waals surface area contributed by atoms with Gasteiger partial charge in [0.25, 0.3) is 5.91 Å². The zero-order valence-corrected chi connectivity index (χ0v) is 12.6. The molecule has 1 aliphatic rings. The fourth-order valence-electron chi connectivity index (χ4n) is 2.53. The Balaban J connectivity index is 1.66. The van der Waals surface area contributed by atoms with Gasteiger partial charge in [0.15, 0.2) is 0 Å². The van der Waals surface area contributed by atoms with E-state index < -0.39 is 0 Å². The van der Waals surface area contributed by atoms with E-state index in [1.165, 1.54) is 0 Å². The second kappa shape index (κ2) is 6.20. The normalized spacial score (nSPS) is 17.6. The summed E-state index contributed by atoms with van der Waals surface area (Å²) in [5.74, 6) is -0.169. The summed E-state index contributed by atoms with van der Waals surface area (Å²) in [4.78, 5) is 26.0. The number of hydrogen-bond donors (Lipinski definition) is 1. The molecule has 1 heterocycles. The molecule has 0 spiro atoms. The summed E-state index contributed by atoms with van der Waals surface area (Å²) in [6, 6.07) is 16.0. The summed E-state index contributed by atoms with van der Waals surface area (Å²) < 4.78 is 0. The quantitative estimate of drug-likeness (QED) is 0.947. The van der Waals surface area contributed by atoms with Crippen molar-refractivity contribution in [3.8, 4) is 0 Å². The first-order valence-corrected chi connectivity index (χ1v) is 7.43. The first kappa shape index (κ1) is 14.6. The molecule has 2 amide bonds. The van der Waals surface area contributed by atoms with Gasteiger partial charge >= 0.3 is 0 Å². The molecule has 0 radical (unpaired) electrons. The second-order valence-corrected chi connectivity index (χ2v) is 5.66. The molecule has 0 aliphatic carbocycles. The first-order valence-electron chi connectivity index (χ1n) is 7.05. The van der Waals surface area contributed by atoms with Crippen LogP contribution in [-0.2, 0) is 4.79 Å². The van der Waals surface area contributed by atoms with Crippen LogP contribution in [0.3, 0.4) is 0 Å². The molecule has 1 fully saturated rings.